The topological polar surface area (TPSA) is 50.5 Å². The summed E-state index contributed by atoms with van der Waals surface area (Å²) in [6, 6.07) is 1.77. The highest BCUT2D eigenvalue weighted by Crippen LogP contribution is 2.14. The average Bonchev–Trinajstić information content (AvgIpc) is 2.24. The number of allylic oxidation sites excluding steroid dienone is 1. The highest BCUT2D eigenvalue weighted by Gasteiger charge is 2.08. The second-order valence-electron chi connectivity index (χ2n) is 2.78. The summed E-state index contributed by atoms with van der Waals surface area (Å²) in [5, 5.41) is 7.87. The van der Waals surface area contributed by atoms with Crippen molar-refractivity contribution in [3.05, 3.63) is 34.8 Å². The van der Waals surface area contributed by atoms with Gasteiger partial charge in [0.2, 0.25) is 0 Å². The number of aryl methyl sites for hydroxylation is 1. The SMILES string of the molecule is C=N/C(=N\C=C/C)c1cc(C)nnc1Cl. The maximum atomic E-state index is 5.88. The molecule has 78 valence electrons. The molecular weight excluding hydrogens is 212 g/mol. The highest BCUT2D eigenvalue weighted by molar-refractivity contribution is 6.33. The second-order valence-corrected chi connectivity index (χ2v) is 3.14. The Kier molecular flexibility index (Phi) is 4.12. The summed E-state index contributed by atoms with van der Waals surface area (Å²) >= 11 is 5.88. The fourth-order valence-corrected chi connectivity index (χ4v) is 1.15. The van der Waals surface area contributed by atoms with E-state index in [9.17, 15) is 0 Å². The lowest BCUT2D eigenvalue weighted by atomic mass is 10.2. The number of aromatic nitrogens is 2. The van der Waals surface area contributed by atoms with Gasteiger partial charge in [0.05, 0.1) is 11.3 Å². The van der Waals surface area contributed by atoms with Crippen molar-refractivity contribution in [3.63, 3.8) is 0 Å². The van der Waals surface area contributed by atoms with Crippen molar-refractivity contribution in [2.45, 2.75) is 13.8 Å². The number of aliphatic imine (C=N–C) groups is 2. The molecule has 0 fully saturated rings. The third-order valence-corrected chi connectivity index (χ3v) is 1.89. The molecule has 0 N–H and O–H groups in total. The lowest BCUT2D eigenvalue weighted by Crippen LogP contribution is -2.01. The fourth-order valence-electron chi connectivity index (χ4n) is 0.971. The first-order valence-corrected chi connectivity index (χ1v) is 4.72. The Labute approximate surface area is 93.4 Å². The predicted molar refractivity (Wildman–Crippen MR) is 62.7 cm³/mol. The van der Waals surface area contributed by atoms with Crippen LogP contribution in [0.25, 0.3) is 0 Å². The molecule has 0 amide bonds. The van der Waals surface area contributed by atoms with Gasteiger partial charge >= 0.3 is 0 Å². The van der Waals surface area contributed by atoms with Gasteiger partial charge in [-0.1, -0.05) is 17.7 Å². The van der Waals surface area contributed by atoms with E-state index in [1.807, 2.05) is 13.8 Å². The number of nitrogens with zero attached hydrogens (tertiary/aromatic N) is 4. The van der Waals surface area contributed by atoms with Crippen LogP contribution in [0.5, 0.6) is 0 Å². The lowest BCUT2D eigenvalue weighted by Gasteiger charge is -2.01. The number of rotatable bonds is 2. The largest absolute Gasteiger partial charge is 0.244 e. The van der Waals surface area contributed by atoms with Crippen molar-refractivity contribution >= 4 is 24.2 Å². The van der Waals surface area contributed by atoms with Crippen LogP contribution >= 0.6 is 11.6 Å². The summed E-state index contributed by atoms with van der Waals surface area (Å²) in [5.41, 5.74) is 1.39. The quantitative estimate of drug-likeness (QED) is 0.570. The molecule has 0 saturated carbocycles. The van der Waals surface area contributed by atoms with E-state index in [-0.39, 0.29) is 5.15 Å². The van der Waals surface area contributed by atoms with Crippen LogP contribution in [0.3, 0.4) is 0 Å². The van der Waals surface area contributed by atoms with Crippen LogP contribution in [0.1, 0.15) is 18.2 Å². The highest BCUT2D eigenvalue weighted by atomic mass is 35.5. The lowest BCUT2D eigenvalue weighted by molar-refractivity contribution is 0.976. The van der Waals surface area contributed by atoms with Crippen molar-refractivity contribution in [1.29, 1.82) is 0 Å². The molecule has 15 heavy (non-hydrogen) atoms. The van der Waals surface area contributed by atoms with Crippen molar-refractivity contribution in [3.8, 4) is 0 Å². The summed E-state index contributed by atoms with van der Waals surface area (Å²) in [5.74, 6) is 0.441. The zero-order valence-electron chi connectivity index (χ0n) is 8.61. The maximum absolute atomic E-state index is 5.88. The molecule has 1 heterocycles. The van der Waals surface area contributed by atoms with E-state index in [4.69, 9.17) is 11.6 Å². The molecule has 0 aromatic carbocycles. The third kappa shape index (κ3) is 2.95. The van der Waals surface area contributed by atoms with Crippen LogP contribution in [0, 0.1) is 6.92 Å². The summed E-state index contributed by atoms with van der Waals surface area (Å²) in [6.45, 7) is 7.13. The molecule has 1 aromatic heterocycles. The predicted octanol–water partition coefficient (Wildman–Crippen LogP) is 2.42. The Hall–Kier alpha value is -1.55. The summed E-state index contributed by atoms with van der Waals surface area (Å²) < 4.78 is 0. The Bertz CT molecular complexity index is 423. The van der Waals surface area contributed by atoms with E-state index in [2.05, 4.69) is 26.9 Å². The van der Waals surface area contributed by atoms with Gasteiger partial charge in [-0.25, -0.2) is 9.98 Å². The van der Waals surface area contributed by atoms with Crippen molar-refractivity contribution < 1.29 is 0 Å². The molecule has 1 rings (SSSR count). The van der Waals surface area contributed by atoms with Crippen molar-refractivity contribution in [2.75, 3.05) is 0 Å². The molecule has 1 aromatic rings. The smallest absolute Gasteiger partial charge is 0.162 e. The minimum absolute atomic E-state index is 0.274. The van der Waals surface area contributed by atoms with E-state index < -0.39 is 0 Å². The van der Waals surface area contributed by atoms with Crippen LogP contribution in [0.2, 0.25) is 5.15 Å². The number of hydrogen-bond donors (Lipinski definition) is 0. The molecule has 0 unspecified atom stereocenters. The maximum Gasteiger partial charge on any atom is 0.162 e. The zero-order valence-corrected chi connectivity index (χ0v) is 9.36. The Morgan fingerprint density at radius 1 is 1.53 bits per heavy atom. The second kappa shape index (κ2) is 5.36. The number of halogens is 1. The van der Waals surface area contributed by atoms with E-state index in [1.165, 1.54) is 0 Å². The molecule has 5 heteroatoms. The third-order valence-electron chi connectivity index (χ3n) is 1.61. The molecule has 0 bridgehead atoms. The molecule has 0 saturated heterocycles. The van der Waals surface area contributed by atoms with Gasteiger partial charge in [0.15, 0.2) is 11.0 Å². The summed E-state index contributed by atoms with van der Waals surface area (Å²) in [4.78, 5) is 7.88. The van der Waals surface area contributed by atoms with Crippen LogP contribution in [-0.4, -0.2) is 22.8 Å². The molecule has 0 spiro atoms. The van der Waals surface area contributed by atoms with Gasteiger partial charge in [-0.2, -0.15) is 5.10 Å². The first kappa shape index (κ1) is 11.5. The van der Waals surface area contributed by atoms with Gasteiger partial charge in [-0.15, -0.1) is 5.10 Å². The van der Waals surface area contributed by atoms with Crippen molar-refractivity contribution in [1.82, 2.24) is 10.2 Å². The minimum Gasteiger partial charge on any atom is -0.244 e. The van der Waals surface area contributed by atoms with Gasteiger partial charge in [-0.3, -0.25) is 0 Å². The molecule has 0 radical (unpaired) electrons. The van der Waals surface area contributed by atoms with Gasteiger partial charge in [0.25, 0.3) is 0 Å². The number of amidine groups is 1. The van der Waals surface area contributed by atoms with Crippen LogP contribution in [-0.2, 0) is 0 Å². The van der Waals surface area contributed by atoms with E-state index in [0.717, 1.165) is 5.69 Å². The number of hydrogen-bond acceptors (Lipinski definition) is 3. The van der Waals surface area contributed by atoms with E-state index in [1.54, 1.807) is 18.3 Å². The Balaban J connectivity index is 3.23. The monoisotopic (exact) mass is 222 g/mol. The van der Waals surface area contributed by atoms with E-state index in [0.29, 0.717) is 11.4 Å². The molecule has 4 nitrogen and oxygen atoms in total. The van der Waals surface area contributed by atoms with Gasteiger partial charge in [-0.05, 0) is 26.6 Å². The fraction of sp³-hybridized carbons (Fsp3) is 0.200. The normalized spacial score (nSPS) is 12.1. The molecule has 0 atom stereocenters. The first-order chi connectivity index (χ1) is 7.19. The standard InChI is InChI=1S/C10H11ClN4/c1-4-5-13-10(12-3)8-6-7(2)14-15-9(8)11/h4-6H,3H2,1-2H3/b5-4-,13-10-. The molecule has 0 aliphatic heterocycles. The van der Waals surface area contributed by atoms with Crippen molar-refractivity contribution in [2.24, 2.45) is 9.98 Å². The molecule has 0 aliphatic rings. The van der Waals surface area contributed by atoms with Gasteiger partial charge in [0.1, 0.15) is 0 Å². The van der Waals surface area contributed by atoms with Crippen LogP contribution in [0.4, 0.5) is 0 Å². The first-order valence-electron chi connectivity index (χ1n) is 4.35. The summed E-state index contributed by atoms with van der Waals surface area (Å²) in [6.07, 6.45) is 3.41. The summed E-state index contributed by atoms with van der Waals surface area (Å²) in [7, 11) is 0. The molecule has 0 aliphatic carbocycles. The average molecular weight is 223 g/mol. The zero-order chi connectivity index (χ0) is 11.3. The Morgan fingerprint density at radius 3 is 2.87 bits per heavy atom. The molecular formula is C10H11ClN4. The van der Waals surface area contributed by atoms with Gasteiger partial charge in [0, 0.05) is 6.20 Å². The van der Waals surface area contributed by atoms with Crippen LogP contribution in [0.15, 0.2) is 28.3 Å². The van der Waals surface area contributed by atoms with E-state index >= 15 is 0 Å². The Morgan fingerprint density at radius 2 is 2.27 bits per heavy atom. The van der Waals surface area contributed by atoms with Crippen LogP contribution < -0.4 is 0 Å². The minimum atomic E-state index is 0.274. The van der Waals surface area contributed by atoms with Gasteiger partial charge < -0.3 is 0 Å².